The monoisotopic (exact) mass is 604 g/mol. The molecule has 0 aliphatic heterocycles. The summed E-state index contributed by atoms with van der Waals surface area (Å²) in [5.41, 5.74) is -3.28. The molecule has 2 nitrogen and oxygen atoms in total. The van der Waals surface area contributed by atoms with E-state index in [1.807, 2.05) is 0 Å². The van der Waals surface area contributed by atoms with Gasteiger partial charge in [-0.2, -0.15) is 9.65 Å². The summed E-state index contributed by atoms with van der Waals surface area (Å²) < 4.78 is 0. The quantitative estimate of drug-likeness (QED) is 0.121. The van der Waals surface area contributed by atoms with E-state index in [0.717, 1.165) is 54.3 Å². The van der Waals surface area contributed by atoms with Gasteiger partial charge in [-0.15, -0.1) is 0 Å². The van der Waals surface area contributed by atoms with E-state index in [1.54, 1.807) is 0 Å². The smallest absolute Gasteiger partial charge is 0.224 e. The van der Waals surface area contributed by atoms with Crippen LogP contribution in [-0.4, -0.2) is 27.0 Å². The summed E-state index contributed by atoms with van der Waals surface area (Å²) in [5, 5.41) is 0. The van der Waals surface area contributed by atoms with Gasteiger partial charge in [-0.25, -0.2) is 0 Å². The summed E-state index contributed by atoms with van der Waals surface area (Å²) in [6, 6.07) is 0. The maximum absolute atomic E-state index is 11.1. The van der Waals surface area contributed by atoms with Crippen molar-refractivity contribution in [2.24, 2.45) is 35.5 Å². The van der Waals surface area contributed by atoms with Gasteiger partial charge in [-0.05, 0) is 83.8 Å². The molecule has 2 N–H and O–H groups in total. The number of hydrogen-bond acceptors (Lipinski definition) is 1. The van der Waals surface area contributed by atoms with E-state index in [-0.39, 0.29) is 17.4 Å². The summed E-state index contributed by atoms with van der Waals surface area (Å²) in [4.78, 5) is 22.3. The van der Waals surface area contributed by atoms with Gasteiger partial charge in [0.1, 0.15) is 0 Å². The average Bonchev–Trinajstić information content (AvgIpc) is 2.71. The van der Waals surface area contributed by atoms with Crippen LogP contribution in [0.2, 0.25) is 0 Å². The first kappa shape index (κ1) is 39.6. The van der Waals surface area contributed by atoms with Crippen LogP contribution in [0.1, 0.15) is 139 Å². The molecule has 0 rings (SSSR count). The molecular weight excluding hydrogens is 539 g/mol. The Hall–Kier alpha value is 1.45. The van der Waals surface area contributed by atoms with Crippen LogP contribution in [0, 0.1) is 35.5 Å². The van der Waals surface area contributed by atoms with Gasteiger partial charge >= 0.3 is 0 Å². The van der Waals surface area contributed by atoms with E-state index in [1.165, 1.54) is 57.8 Å². The molecule has 0 aromatic carbocycles. The largest absolute Gasteiger partial charge is 0.339 e. The van der Waals surface area contributed by atoms with Crippen LogP contribution in [0.5, 0.6) is 0 Å². The fourth-order valence-corrected chi connectivity index (χ4v) is 13.9. The maximum Gasteiger partial charge on any atom is 0.224 e. The number of hydrogen-bond donors (Lipinski definition) is 2. The molecule has 0 saturated heterocycles. The van der Waals surface area contributed by atoms with Crippen LogP contribution < -0.4 is 0 Å². The van der Waals surface area contributed by atoms with Gasteiger partial charge in [0.2, 0.25) is 5.69 Å². The second-order valence-electron chi connectivity index (χ2n) is 13.3. The van der Waals surface area contributed by atoms with Gasteiger partial charge in [0.25, 0.3) is 0 Å². The van der Waals surface area contributed by atoms with Crippen LogP contribution in [0.3, 0.4) is 0 Å². The fourth-order valence-electron chi connectivity index (χ4n) is 4.98. The summed E-state index contributed by atoms with van der Waals surface area (Å²) >= 11 is 5.60. The zero-order valence-electron chi connectivity index (χ0n) is 25.6. The summed E-state index contributed by atoms with van der Waals surface area (Å²) in [5.74, 6) is 7.15. The third-order valence-corrected chi connectivity index (χ3v) is 19.4. The molecule has 0 spiro atoms. The van der Waals surface area contributed by atoms with E-state index in [9.17, 15) is 9.79 Å². The molecule has 0 amide bonds. The summed E-state index contributed by atoms with van der Waals surface area (Å²) in [7, 11) is -1.58. The molecular formula is C30H65CrO2PS2. The average molecular weight is 605 g/mol. The van der Waals surface area contributed by atoms with Crippen molar-refractivity contribution in [3.8, 4) is 0 Å². The van der Waals surface area contributed by atoms with Crippen LogP contribution in [0.25, 0.3) is 0 Å². The predicted octanol–water partition coefficient (Wildman–Crippen LogP) is 10.6. The molecule has 0 bridgehead atoms. The van der Waals surface area contributed by atoms with Crippen molar-refractivity contribution in [3.63, 3.8) is 0 Å². The first-order valence-corrected chi connectivity index (χ1v) is 20.5. The van der Waals surface area contributed by atoms with Gasteiger partial charge < -0.3 is 9.79 Å². The number of rotatable bonds is 22. The van der Waals surface area contributed by atoms with Crippen molar-refractivity contribution >= 4 is 27.1 Å². The van der Waals surface area contributed by atoms with Crippen LogP contribution in [0.15, 0.2) is 0 Å². The Kier molecular flexibility index (Phi) is 23.4. The molecule has 0 aliphatic rings. The predicted molar refractivity (Wildman–Crippen MR) is 168 cm³/mol. The topological polar surface area (TPSA) is 40.5 Å². The maximum atomic E-state index is 11.1. The Bertz CT molecular complexity index is 505. The van der Waals surface area contributed by atoms with Crippen LogP contribution in [-0.2, 0) is 29.2 Å². The molecule has 0 saturated carbocycles. The normalized spacial score (nSPS) is 17.6. The summed E-state index contributed by atoms with van der Waals surface area (Å²) in [6.07, 6.45) is 14.8. The molecule has 0 heterocycles. The van der Waals surface area contributed by atoms with Crippen LogP contribution >= 0.6 is 15.3 Å². The van der Waals surface area contributed by atoms with E-state index in [4.69, 9.17) is 11.8 Å². The van der Waals surface area contributed by atoms with Crippen molar-refractivity contribution in [1.29, 1.82) is 0 Å². The standard InChI is InChI=1S/C30H65O2PS2.Cr/c1-25(2)13-10-16-28(7)19-22-35(33(31,32)34,23-20-29(8)17-11-14-26(3)4)24-21-30(9)18-12-15-27(5)6;/h25-30H,10-24H2,1-9H3,(H2,31,32,34);. The molecule has 36 heavy (non-hydrogen) atoms. The first-order valence-electron chi connectivity index (χ1n) is 15.0. The van der Waals surface area contributed by atoms with E-state index >= 15 is 0 Å². The molecule has 0 aliphatic carbocycles. The van der Waals surface area contributed by atoms with E-state index < -0.39 is 15.3 Å². The molecule has 3 atom stereocenters. The van der Waals surface area contributed by atoms with Gasteiger partial charge in [0.05, 0.1) is 0 Å². The molecule has 0 radical (unpaired) electrons. The SMILES string of the molecule is CC(C)CCCC(C)CCS(CCC(C)CCCC(C)C)(CCC(C)CCCC(C)C)P(O)(O)=S.[Cr]. The Morgan fingerprint density at radius 1 is 0.500 bits per heavy atom. The molecule has 6 heteroatoms. The second-order valence-corrected chi connectivity index (χ2v) is 23.5. The van der Waals surface area contributed by atoms with Crippen molar-refractivity contribution in [3.05, 3.63) is 0 Å². The van der Waals surface area contributed by atoms with E-state index in [0.29, 0.717) is 17.8 Å². The minimum Gasteiger partial charge on any atom is -0.339 e. The van der Waals surface area contributed by atoms with Crippen LogP contribution in [0.4, 0.5) is 0 Å². The van der Waals surface area contributed by atoms with Gasteiger partial charge in [-0.3, -0.25) is 0 Å². The molecule has 3 unspecified atom stereocenters. The summed E-state index contributed by atoms with van der Waals surface area (Å²) in [6.45, 7) is 20.9. The van der Waals surface area contributed by atoms with Crippen molar-refractivity contribution in [1.82, 2.24) is 0 Å². The molecule has 220 valence electrons. The Balaban J connectivity index is 0. The Labute approximate surface area is 245 Å². The molecule has 0 aromatic heterocycles. The zero-order valence-corrected chi connectivity index (χ0v) is 29.4. The first-order chi connectivity index (χ1) is 16.2. The van der Waals surface area contributed by atoms with Crippen molar-refractivity contribution in [2.45, 2.75) is 139 Å². The third kappa shape index (κ3) is 19.5. The fraction of sp³-hybridized carbons (Fsp3) is 1.00. The Morgan fingerprint density at radius 3 is 0.944 bits per heavy atom. The Morgan fingerprint density at radius 2 is 0.750 bits per heavy atom. The second kappa shape index (κ2) is 21.2. The molecule has 0 fully saturated rings. The molecule has 0 aromatic rings. The van der Waals surface area contributed by atoms with Gasteiger partial charge in [0, 0.05) is 17.4 Å². The third-order valence-electron chi connectivity index (χ3n) is 7.91. The zero-order chi connectivity index (χ0) is 27.1. The minimum atomic E-state index is -3.28. The van der Waals surface area contributed by atoms with Crippen molar-refractivity contribution < 1.29 is 27.1 Å². The minimum absolute atomic E-state index is 0. The van der Waals surface area contributed by atoms with Gasteiger partial charge in [0.15, 0.2) is 0 Å². The van der Waals surface area contributed by atoms with Crippen molar-refractivity contribution in [2.75, 3.05) is 17.3 Å². The van der Waals surface area contributed by atoms with E-state index in [2.05, 4.69) is 62.3 Å². The van der Waals surface area contributed by atoms with Gasteiger partial charge in [-0.1, -0.05) is 120 Å².